The Hall–Kier alpha value is 0.580. The molecule has 2 heteroatoms. The molecule has 0 N–H and O–H groups in total. The number of hydrogen-bond acceptors (Lipinski definition) is 0. The van der Waals surface area contributed by atoms with E-state index >= 15 is 0 Å². The Kier molecular flexibility index (Phi) is 19.1. The Morgan fingerprint density at radius 2 is 0.762 bits per heavy atom. The topological polar surface area (TPSA) is 0 Å². The molecule has 0 saturated heterocycles. The first-order chi connectivity index (χ1) is 10.3. The molecule has 0 atom stereocenters. The van der Waals surface area contributed by atoms with Crippen LogP contribution in [0.25, 0.3) is 0 Å². The van der Waals surface area contributed by atoms with Crippen molar-refractivity contribution in [2.75, 3.05) is 0 Å². The van der Waals surface area contributed by atoms with Gasteiger partial charge in [-0.15, -0.1) is 23.2 Å². The molecular formula is C19H38Cl2. The normalized spacial score (nSPS) is 11.4. The summed E-state index contributed by atoms with van der Waals surface area (Å²) in [5, 5.41) is 0. The average molecular weight is 337 g/mol. The maximum atomic E-state index is 5.71. The predicted molar refractivity (Wildman–Crippen MR) is 99.7 cm³/mol. The van der Waals surface area contributed by atoms with Crippen LogP contribution < -0.4 is 0 Å². The van der Waals surface area contributed by atoms with Crippen LogP contribution in [0.1, 0.15) is 116 Å². The number of hydrogen-bond donors (Lipinski definition) is 0. The minimum absolute atomic E-state index is 0.156. The van der Waals surface area contributed by atoms with Crippen LogP contribution in [0.5, 0.6) is 0 Å². The summed E-state index contributed by atoms with van der Waals surface area (Å²) in [4.78, 5) is -0.156. The summed E-state index contributed by atoms with van der Waals surface area (Å²) in [5.74, 6) is 0. The van der Waals surface area contributed by atoms with Crippen molar-refractivity contribution in [1.29, 1.82) is 0 Å². The second kappa shape index (κ2) is 18.6. The molecule has 0 amide bonds. The van der Waals surface area contributed by atoms with Gasteiger partial charge in [0.2, 0.25) is 0 Å². The molecule has 0 nitrogen and oxygen atoms in total. The summed E-state index contributed by atoms with van der Waals surface area (Å²) < 4.78 is 0. The lowest BCUT2D eigenvalue weighted by Gasteiger charge is -2.04. The molecule has 0 spiro atoms. The first-order valence-corrected chi connectivity index (χ1v) is 10.4. The summed E-state index contributed by atoms with van der Waals surface area (Å²) in [7, 11) is 0. The first kappa shape index (κ1) is 21.6. The summed E-state index contributed by atoms with van der Waals surface area (Å²) in [6, 6.07) is 0. The van der Waals surface area contributed by atoms with E-state index in [1.54, 1.807) is 0 Å². The van der Waals surface area contributed by atoms with Crippen molar-refractivity contribution in [3.63, 3.8) is 0 Å². The van der Waals surface area contributed by atoms with E-state index < -0.39 is 0 Å². The van der Waals surface area contributed by atoms with Gasteiger partial charge in [-0.2, -0.15) is 0 Å². The van der Waals surface area contributed by atoms with Crippen molar-refractivity contribution in [3.05, 3.63) is 0 Å². The van der Waals surface area contributed by atoms with E-state index in [-0.39, 0.29) is 4.84 Å². The fourth-order valence-electron chi connectivity index (χ4n) is 2.85. The van der Waals surface area contributed by atoms with Gasteiger partial charge in [0.15, 0.2) is 0 Å². The minimum Gasteiger partial charge on any atom is -0.105 e. The van der Waals surface area contributed by atoms with Crippen LogP contribution in [-0.4, -0.2) is 4.84 Å². The van der Waals surface area contributed by atoms with Crippen molar-refractivity contribution < 1.29 is 0 Å². The molecule has 0 aromatic heterocycles. The Morgan fingerprint density at radius 3 is 1.05 bits per heavy atom. The van der Waals surface area contributed by atoms with E-state index in [1.807, 2.05) is 0 Å². The van der Waals surface area contributed by atoms with E-state index in [1.165, 1.54) is 103 Å². The number of halogens is 2. The zero-order chi connectivity index (χ0) is 15.6. The van der Waals surface area contributed by atoms with Gasteiger partial charge in [0.1, 0.15) is 4.84 Å². The SMILES string of the molecule is CCCCCCCCCCCCCCCCCCC(Cl)Cl. The molecule has 0 aliphatic carbocycles. The standard InChI is InChI=1S/C19H38Cl2/c1-2-3-4-5-6-7-8-9-10-11-12-13-14-15-16-17-18-19(20)21/h19H,2-18H2,1H3. The summed E-state index contributed by atoms with van der Waals surface area (Å²) in [6.45, 7) is 2.29. The van der Waals surface area contributed by atoms with E-state index in [4.69, 9.17) is 23.2 Å². The second-order valence-electron chi connectivity index (χ2n) is 6.48. The Bertz CT molecular complexity index is 180. The Labute approximate surface area is 144 Å². The molecule has 0 saturated carbocycles. The molecule has 0 unspecified atom stereocenters. The molecule has 21 heavy (non-hydrogen) atoms. The first-order valence-electron chi connectivity index (χ1n) is 9.55. The maximum absolute atomic E-state index is 5.71. The van der Waals surface area contributed by atoms with Gasteiger partial charge in [0.05, 0.1) is 0 Å². The van der Waals surface area contributed by atoms with Crippen molar-refractivity contribution in [3.8, 4) is 0 Å². The van der Waals surface area contributed by atoms with Gasteiger partial charge in [-0.3, -0.25) is 0 Å². The van der Waals surface area contributed by atoms with Crippen LogP contribution in [0.15, 0.2) is 0 Å². The lowest BCUT2D eigenvalue weighted by atomic mass is 10.0. The van der Waals surface area contributed by atoms with Gasteiger partial charge in [-0.25, -0.2) is 0 Å². The van der Waals surface area contributed by atoms with Crippen LogP contribution in [0, 0.1) is 0 Å². The molecule has 0 bridgehead atoms. The summed E-state index contributed by atoms with van der Waals surface area (Å²) in [5.41, 5.74) is 0. The highest BCUT2D eigenvalue weighted by Gasteiger charge is 1.98. The van der Waals surface area contributed by atoms with Gasteiger partial charge in [-0.1, -0.05) is 110 Å². The zero-order valence-corrected chi connectivity index (χ0v) is 15.9. The second-order valence-corrected chi connectivity index (χ2v) is 7.76. The highest BCUT2D eigenvalue weighted by Crippen LogP contribution is 2.16. The molecule has 0 aromatic carbocycles. The Morgan fingerprint density at radius 1 is 0.476 bits per heavy atom. The van der Waals surface area contributed by atoms with Crippen LogP contribution in [-0.2, 0) is 0 Å². The summed E-state index contributed by atoms with van der Waals surface area (Å²) >= 11 is 11.4. The average Bonchev–Trinajstić information content (AvgIpc) is 2.46. The number of alkyl halides is 2. The maximum Gasteiger partial charge on any atom is 0.107 e. The van der Waals surface area contributed by atoms with E-state index in [9.17, 15) is 0 Å². The number of unbranched alkanes of at least 4 members (excludes halogenated alkanes) is 15. The molecule has 0 fully saturated rings. The van der Waals surface area contributed by atoms with Gasteiger partial charge < -0.3 is 0 Å². The highest BCUT2D eigenvalue weighted by atomic mass is 35.5. The quantitative estimate of drug-likeness (QED) is 0.184. The lowest BCUT2D eigenvalue weighted by Crippen LogP contribution is -1.87. The largest absolute Gasteiger partial charge is 0.107 e. The third kappa shape index (κ3) is 20.6. The van der Waals surface area contributed by atoms with Crippen LogP contribution in [0.2, 0.25) is 0 Å². The van der Waals surface area contributed by atoms with Crippen molar-refractivity contribution in [1.82, 2.24) is 0 Å². The predicted octanol–water partition coefficient (Wildman–Crippen LogP) is 8.44. The third-order valence-electron chi connectivity index (χ3n) is 4.28. The van der Waals surface area contributed by atoms with E-state index in [2.05, 4.69) is 6.92 Å². The van der Waals surface area contributed by atoms with E-state index in [0.29, 0.717) is 0 Å². The molecule has 0 rings (SSSR count). The van der Waals surface area contributed by atoms with Gasteiger partial charge in [0.25, 0.3) is 0 Å². The van der Waals surface area contributed by atoms with Gasteiger partial charge in [-0.05, 0) is 6.42 Å². The fourth-order valence-corrected chi connectivity index (χ4v) is 3.16. The summed E-state index contributed by atoms with van der Waals surface area (Å²) in [6.07, 6.45) is 23.5. The third-order valence-corrected chi connectivity index (χ3v) is 4.71. The van der Waals surface area contributed by atoms with Gasteiger partial charge >= 0.3 is 0 Å². The van der Waals surface area contributed by atoms with Crippen molar-refractivity contribution in [2.45, 2.75) is 121 Å². The van der Waals surface area contributed by atoms with Crippen molar-refractivity contribution >= 4 is 23.2 Å². The molecule has 0 radical (unpaired) electrons. The molecule has 0 heterocycles. The van der Waals surface area contributed by atoms with Gasteiger partial charge in [0, 0.05) is 0 Å². The number of rotatable bonds is 17. The minimum atomic E-state index is -0.156. The Balaban J connectivity index is 2.93. The van der Waals surface area contributed by atoms with Crippen LogP contribution >= 0.6 is 23.2 Å². The molecule has 0 aromatic rings. The zero-order valence-electron chi connectivity index (χ0n) is 14.4. The molecule has 0 aliphatic heterocycles. The molecular weight excluding hydrogens is 299 g/mol. The monoisotopic (exact) mass is 336 g/mol. The smallest absolute Gasteiger partial charge is 0.105 e. The van der Waals surface area contributed by atoms with E-state index in [0.717, 1.165) is 6.42 Å². The molecule has 128 valence electrons. The highest BCUT2D eigenvalue weighted by molar-refractivity contribution is 6.44. The lowest BCUT2D eigenvalue weighted by molar-refractivity contribution is 0.528. The van der Waals surface area contributed by atoms with Crippen LogP contribution in [0.3, 0.4) is 0 Å². The fraction of sp³-hybridized carbons (Fsp3) is 1.00. The molecule has 0 aliphatic rings. The van der Waals surface area contributed by atoms with Crippen LogP contribution in [0.4, 0.5) is 0 Å². The van der Waals surface area contributed by atoms with Crippen molar-refractivity contribution in [2.24, 2.45) is 0 Å².